The highest BCUT2D eigenvalue weighted by atomic mass is 16.4. The summed E-state index contributed by atoms with van der Waals surface area (Å²) in [6.07, 6.45) is 0. The number of aliphatic carboxylic acids is 1. The van der Waals surface area contributed by atoms with Crippen molar-refractivity contribution in [2.75, 3.05) is 6.54 Å². The molecule has 0 unspecified atom stereocenters. The number of amides is 1. The summed E-state index contributed by atoms with van der Waals surface area (Å²) in [4.78, 5) is 27.0. The number of carboxylic acids is 1. The highest BCUT2D eigenvalue weighted by molar-refractivity contribution is 5.92. The van der Waals surface area contributed by atoms with Crippen LogP contribution < -0.4 is 5.32 Å². The summed E-state index contributed by atoms with van der Waals surface area (Å²) < 4.78 is 1.57. The maximum absolute atomic E-state index is 12.1. The van der Waals surface area contributed by atoms with E-state index in [0.717, 1.165) is 16.8 Å². The molecule has 0 bridgehead atoms. The molecular weight excluding hydrogens is 320 g/mol. The molecule has 0 spiro atoms. The summed E-state index contributed by atoms with van der Waals surface area (Å²) in [5.74, 6) is -1.34. The van der Waals surface area contributed by atoms with Crippen LogP contribution in [0.2, 0.25) is 0 Å². The molecule has 0 saturated carbocycles. The average molecular weight is 336 g/mol. The van der Waals surface area contributed by atoms with Crippen molar-refractivity contribution >= 4 is 11.9 Å². The Labute approximate surface area is 143 Å². The van der Waals surface area contributed by atoms with Gasteiger partial charge < -0.3 is 10.4 Å². The molecule has 0 radical (unpaired) electrons. The van der Waals surface area contributed by atoms with Gasteiger partial charge in [-0.05, 0) is 19.1 Å². The van der Waals surface area contributed by atoms with Crippen LogP contribution in [0.15, 0.2) is 54.6 Å². The van der Waals surface area contributed by atoms with Gasteiger partial charge in [-0.1, -0.05) is 48.0 Å². The minimum atomic E-state index is -1.13. The maximum Gasteiger partial charge on any atom is 0.322 e. The number of benzene rings is 2. The van der Waals surface area contributed by atoms with E-state index in [9.17, 15) is 9.59 Å². The molecule has 3 rings (SSSR count). The lowest BCUT2D eigenvalue weighted by Gasteiger charge is -2.06. The zero-order valence-corrected chi connectivity index (χ0v) is 13.5. The van der Waals surface area contributed by atoms with E-state index in [0.29, 0.717) is 5.82 Å². The van der Waals surface area contributed by atoms with E-state index in [1.54, 1.807) is 4.68 Å². The first kappa shape index (κ1) is 16.4. The zero-order chi connectivity index (χ0) is 17.8. The second-order valence-electron chi connectivity index (χ2n) is 5.45. The Morgan fingerprint density at radius 2 is 1.76 bits per heavy atom. The van der Waals surface area contributed by atoms with E-state index in [1.807, 2.05) is 61.5 Å². The molecule has 7 nitrogen and oxygen atoms in total. The lowest BCUT2D eigenvalue weighted by Crippen LogP contribution is -2.30. The Kier molecular flexibility index (Phi) is 4.56. The topological polar surface area (TPSA) is 97.1 Å². The summed E-state index contributed by atoms with van der Waals surface area (Å²) in [5, 5.41) is 15.2. The van der Waals surface area contributed by atoms with Gasteiger partial charge in [0.25, 0.3) is 5.91 Å². The highest BCUT2D eigenvalue weighted by Crippen LogP contribution is 2.21. The van der Waals surface area contributed by atoms with Crippen molar-refractivity contribution in [2.24, 2.45) is 0 Å². The Hall–Kier alpha value is -3.48. The third kappa shape index (κ3) is 3.72. The van der Waals surface area contributed by atoms with Crippen molar-refractivity contribution in [3.63, 3.8) is 0 Å². The van der Waals surface area contributed by atoms with Crippen molar-refractivity contribution in [1.29, 1.82) is 0 Å². The second-order valence-corrected chi connectivity index (χ2v) is 5.45. The molecule has 2 N–H and O–H groups in total. The third-order valence-corrected chi connectivity index (χ3v) is 3.52. The lowest BCUT2D eigenvalue weighted by atomic mass is 10.2. The quantitative estimate of drug-likeness (QED) is 0.743. The number of nitrogens with one attached hydrogen (secondary N) is 1. The van der Waals surface area contributed by atoms with E-state index in [1.165, 1.54) is 0 Å². The first-order chi connectivity index (χ1) is 12.0. The Morgan fingerprint density at radius 3 is 2.40 bits per heavy atom. The molecule has 0 saturated heterocycles. The number of carboxylic acid groups (broad SMARTS) is 1. The van der Waals surface area contributed by atoms with Gasteiger partial charge in [-0.15, -0.1) is 5.10 Å². The first-order valence-corrected chi connectivity index (χ1v) is 7.64. The van der Waals surface area contributed by atoms with Crippen LogP contribution in [0.3, 0.4) is 0 Å². The van der Waals surface area contributed by atoms with Crippen LogP contribution in [0.25, 0.3) is 17.1 Å². The SMILES string of the molecule is Cc1ccc(-n2nc(C(=O)NCC(=O)O)nc2-c2ccccc2)cc1. The molecule has 0 aliphatic carbocycles. The number of carbonyl (C=O) groups excluding carboxylic acids is 1. The molecule has 7 heteroatoms. The normalized spacial score (nSPS) is 10.4. The van der Waals surface area contributed by atoms with Crippen LogP contribution >= 0.6 is 0 Å². The summed E-state index contributed by atoms with van der Waals surface area (Å²) in [5.41, 5.74) is 2.66. The molecule has 0 atom stereocenters. The first-order valence-electron chi connectivity index (χ1n) is 7.64. The van der Waals surface area contributed by atoms with E-state index in [4.69, 9.17) is 5.11 Å². The Balaban J connectivity index is 2.04. The molecule has 1 aromatic heterocycles. The maximum atomic E-state index is 12.1. The number of hydrogen-bond donors (Lipinski definition) is 2. The molecule has 0 fully saturated rings. The van der Waals surface area contributed by atoms with Crippen molar-refractivity contribution in [3.8, 4) is 17.1 Å². The highest BCUT2D eigenvalue weighted by Gasteiger charge is 2.19. The van der Waals surface area contributed by atoms with Gasteiger partial charge in [0.2, 0.25) is 5.82 Å². The van der Waals surface area contributed by atoms with Crippen molar-refractivity contribution in [2.45, 2.75) is 6.92 Å². The second kappa shape index (κ2) is 6.96. The van der Waals surface area contributed by atoms with E-state index in [-0.39, 0.29) is 5.82 Å². The van der Waals surface area contributed by atoms with Crippen LogP contribution in [0.1, 0.15) is 16.2 Å². The Bertz CT molecular complexity index is 902. The number of carbonyl (C=O) groups is 2. The van der Waals surface area contributed by atoms with Gasteiger partial charge in [0.1, 0.15) is 6.54 Å². The predicted octanol–water partition coefficient (Wildman–Crippen LogP) is 2.06. The molecule has 126 valence electrons. The monoisotopic (exact) mass is 336 g/mol. The number of aromatic nitrogens is 3. The van der Waals surface area contributed by atoms with Gasteiger partial charge >= 0.3 is 5.97 Å². The number of rotatable bonds is 5. The van der Waals surface area contributed by atoms with Gasteiger partial charge in [0.15, 0.2) is 5.82 Å². The summed E-state index contributed by atoms with van der Waals surface area (Å²) in [7, 11) is 0. The molecule has 3 aromatic rings. The minimum absolute atomic E-state index is 0.0827. The fraction of sp³-hybridized carbons (Fsp3) is 0.111. The fourth-order valence-electron chi connectivity index (χ4n) is 2.28. The summed E-state index contributed by atoms with van der Waals surface area (Å²) in [6, 6.07) is 17.0. The van der Waals surface area contributed by atoms with Gasteiger partial charge in [-0.25, -0.2) is 9.67 Å². The fourth-order valence-corrected chi connectivity index (χ4v) is 2.28. The number of nitrogens with zero attached hydrogens (tertiary/aromatic N) is 3. The van der Waals surface area contributed by atoms with E-state index < -0.39 is 18.4 Å². The molecule has 0 aliphatic heterocycles. The smallest absolute Gasteiger partial charge is 0.322 e. The van der Waals surface area contributed by atoms with Crippen molar-refractivity contribution < 1.29 is 14.7 Å². The molecule has 1 amide bonds. The molecule has 1 heterocycles. The van der Waals surface area contributed by atoms with E-state index >= 15 is 0 Å². The average Bonchev–Trinajstić information content (AvgIpc) is 3.06. The number of hydrogen-bond acceptors (Lipinski definition) is 4. The largest absolute Gasteiger partial charge is 0.480 e. The van der Waals surface area contributed by atoms with Crippen molar-refractivity contribution in [1.82, 2.24) is 20.1 Å². The number of aryl methyl sites for hydroxylation is 1. The van der Waals surface area contributed by atoms with E-state index in [2.05, 4.69) is 15.4 Å². The van der Waals surface area contributed by atoms with Crippen LogP contribution in [0, 0.1) is 6.92 Å². The van der Waals surface area contributed by atoms with Crippen LogP contribution in [-0.4, -0.2) is 38.3 Å². The molecule has 0 aliphatic rings. The third-order valence-electron chi connectivity index (χ3n) is 3.52. The predicted molar refractivity (Wildman–Crippen MR) is 91.5 cm³/mol. The minimum Gasteiger partial charge on any atom is -0.480 e. The van der Waals surface area contributed by atoms with Gasteiger partial charge in [-0.3, -0.25) is 9.59 Å². The van der Waals surface area contributed by atoms with Crippen LogP contribution in [0.5, 0.6) is 0 Å². The molecular formula is C18H16N4O3. The van der Waals surface area contributed by atoms with Gasteiger partial charge in [-0.2, -0.15) is 0 Å². The standard InChI is InChI=1S/C18H16N4O3/c1-12-7-9-14(10-8-12)22-17(13-5-3-2-4-6-13)20-16(21-22)18(25)19-11-15(23)24/h2-10H,11H2,1H3,(H,19,25)(H,23,24). The lowest BCUT2D eigenvalue weighted by molar-refractivity contribution is -0.135. The summed E-state index contributed by atoms with van der Waals surface area (Å²) in [6.45, 7) is 1.49. The van der Waals surface area contributed by atoms with Crippen molar-refractivity contribution in [3.05, 3.63) is 66.0 Å². The summed E-state index contributed by atoms with van der Waals surface area (Å²) >= 11 is 0. The zero-order valence-electron chi connectivity index (χ0n) is 13.5. The van der Waals surface area contributed by atoms with Crippen LogP contribution in [-0.2, 0) is 4.79 Å². The van der Waals surface area contributed by atoms with Gasteiger partial charge in [0.05, 0.1) is 5.69 Å². The van der Waals surface area contributed by atoms with Gasteiger partial charge in [0, 0.05) is 5.56 Å². The Morgan fingerprint density at radius 1 is 1.08 bits per heavy atom. The van der Waals surface area contributed by atoms with Crippen LogP contribution in [0.4, 0.5) is 0 Å². The molecule has 2 aromatic carbocycles. The molecule has 25 heavy (non-hydrogen) atoms.